The highest BCUT2D eigenvalue weighted by Gasteiger charge is 2.21. The Kier molecular flexibility index (Phi) is 6.87. The SMILES string of the molecule is C=C(C)[C@@H]1CC(=O)/C(C)=C/CC/C(C)=C/C[C@H](C(=C)C)C1. The van der Waals surface area contributed by atoms with Crippen LogP contribution >= 0.6 is 0 Å². The molecule has 0 amide bonds. The molecule has 0 fully saturated rings. The first-order chi connectivity index (χ1) is 9.81. The maximum absolute atomic E-state index is 12.4. The van der Waals surface area contributed by atoms with E-state index in [0.717, 1.165) is 36.8 Å². The van der Waals surface area contributed by atoms with E-state index >= 15 is 0 Å². The second-order valence-electron chi connectivity index (χ2n) is 6.66. The Balaban J connectivity index is 3.03. The van der Waals surface area contributed by atoms with Crippen molar-refractivity contribution in [2.45, 2.75) is 59.8 Å². The highest BCUT2D eigenvalue weighted by atomic mass is 16.1. The molecule has 116 valence electrons. The molecular formula is C20H30O. The van der Waals surface area contributed by atoms with Crippen molar-refractivity contribution in [1.82, 2.24) is 0 Å². The highest BCUT2D eigenvalue weighted by molar-refractivity contribution is 5.95. The lowest BCUT2D eigenvalue weighted by molar-refractivity contribution is -0.116. The molecule has 1 nitrogen and oxygen atoms in total. The highest BCUT2D eigenvalue weighted by Crippen LogP contribution is 2.30. The fraction of sp³-hybridized carbons (Fsp3) is 0.550. The molecule has 1 rings (SSSR count). The van der Waals surface area contributed by atoms with E-state index in [1.165, 1.54) is 11.1 Å². The zero-order valence-electron chi connectivity index (χ0n) is 14.2. The van der Waals surface area contributed by atoms with Crippen LogP contribution in [0.15, 0.2) is 47.6 Å². The van der Waals surface area contributed by atoms with Crippen LogP contribution in [-0.4, -0.2) is 5.78 Å². The minimum Gasteiger partial charge on any atom is -0.295 e. The standard InChI is InChI=1S/C20H30O/c1-14(2)18-11-10-16(5)8-7-9-17(6)20(21)13-19(12-18)15(3)4/h9-10,18-19H,1,3,7-8,11-13H2,2,4-6H3/b16-10+,17-9+/t18-,19-/m0/s1. The molecule has 1 aliphatic carbocycles. The number of allylic oxidation sites excluding steroid dienone is 6. The second-order valence-corrected chi connectivity index (χ2v) is 6.66. The summed E-state index contributed by atoms with van der Waals surface area (Å²) in [6.45, 7) is 16.5. The summed E-state index contributed by atoms with van der Waals surface area (Å²) in [6, 6.07) is 0. The number of carbonyl (C=O) groups is 1. The number of hydrogen-bond acceptors (Lipinski definition) is 1. The molecule has 0 N–H and O–H groups in total. The van der Waals surface area contributed by atoms with Gasteiger partial charge in [-0.15, -0.1) is 0 Å². The van der Waals surface area contributed by atoms with E-state index in [-0.39, 0.29) is 11.7 Å². The molecule has 0 bridgehead atoms. The maximum Gasteiger partial charge on any atom is 0.158 e. The minimum atomic E-state index is 0.260. The van der Waals surface area contributed by atoms with Gasteiger partial charge in [0.05, 0.1) is 0 Å². The third-order valence-corrected chi connectivity index (χ3v) is 4.57. The van der Waals surface area contributed by atoms with Crippen LogP contribution in [-0.2, 0) is 4.79 Å². The molecule has 0 aromatic carbocycles. The lowest BCUT2D eigenvalue weighted by Crippen LogP contribution is -2.16. The monoisotopic (exact) mass is 286 g/mol. The third-order valence-electron chi connectivity index (χ3n) is 4.57. The fourth-order valence-corrected chi connectivity index (χ4v) is 2.76. The van der Waals surface area contributed by atoms with Crippen LogP contribution in [0.3, 0.4) is 0 Å². The number of Topliss-reactive ketones (excluding diaryl/α,β-unsaturated/α-hetero) is 1. The van der Waals surface area contributed by atoms with Crippen LogP contribution in [0, 0.1) is 11.8 Å². The molecule has 1 heteroatoms. The number of carbonyl (C=O) groups excluding carboxylic acids is 1. The van der Waals surface area contributed by atoms with Gasteiger partial charge in [-0.25, -0.2) is 0 Å². The maximum atomic E-state index is 12.4. The van der Waals surface area contributed by atoms with Gasteiger partial charge in [0.1, 0.15) is 0 Å². The van der Waals surface area contributed by atoms with Gasteiger partial charge >= 0.3 is 0 Å². The van der Waals surface area contributed by atoms with E-state index in [1.807, 2.05) is 13.8 Å². The van der Waals surface area contributed by atoms with Crippen LogP contribution in [0.25, 0.3) is 0 Å². The van der Waals surface area contributed by atoms with Crippen molar-refractivity contribution in [3.8, 4) is 0 Å². The molecule has 0 saturated carbocycles. The van der Waals surface area contributed by atoms with Crippen LogP contribution in [0.2, 0.25) is 0 Å². The van der Waals surface area contributed by atoms with Gasteiger partial charge in [-0.05, 0) is 70.8 Å². The molecule has 21 heavy (non-hydrogen) atoms. The molecule has 0 aliphatic heterocycles. The molecule has 0 saturated heterocycles. The zero-order valence-corrected chi connectivity index (χ0v) is 14.2. The van der Waals surface area contributed by atoms with Crippen molar-refractivity contribution in [2.24, 2.45) is 11.8 Å². The van der Waals surface area contributed by atoms with E-state index in [4.69, 9.17) is 0 Å². The van der Waals surface area contributed by atoms with E-state index in [0.29, 0.717) is 12.3 Å². The van der Waals surface area contributed by atoms with E-state index in [2.05, 4.69) is 39.2 Å². The van der Waals surface area contributed by atoms with Crippen molar-refractivity contribution >= 4 is 5.78 Å². The second kappa shape index (κ2) is 8.17. The molecule has 2 atom stereocenters. The smallest absolute Gasteiger partial charge is 0.158 e. The summed E-state index contributed by atoms with van der Waals surface area (Å²) in [5, 5.41) is 0. The van der Waals surface area contributed by atoms with Crippen LogP contribution in [0.4, 0.5) is 0 Å². The van der Waals surface area contributed by atoms with Gasteiger partial charge in [0.25, 0.3) is 0 Å². The first-order valence-electron chi connectivity index (χ1n) is 7.97. The van der Waals surface area contributed by atoms with Gasteiger partial charge in [0.15, 0.2) is 5.78 Å². The number of ketones is 1. The summed E-state index contributed by atoms with van der Waals surface area (Å²) in [5.41, 5.74) is 4.63. The van der Waals surface area contributed by atoms with Gasteiger partial charge in [-0.2, -0.15) is 0 Å². The molecule has 1 aliphatic rings. The van der Waals surface area contributed by atoms with Gasteiger partial charge in [0.2, 0.25) is 0 Å². The van der Waals surface area contributed by atoms with Gasteiger partial charge in [-0.3, -0.25) is 4.79 Å². The molecular weight excluding hydrogens is 256 g/mol. The predicted octanol–water partition coefficient (Wildman–Crippen LogP) is 5.80. The molecule has 0 heterocycles. The molecule has 0 spiro atoms. The Morgan fingerprint density at radius 2 is 1.71 bits per heavy atom. The number of rotatable bonds is 2. The van der Waals surface area contributed by atoms with Crippen LogP contribution in [0.5, 0.6) is 0 Å². The third kappa shape index (κ3) is 5.87. The Hall–Kier alpha value is -1.37. The Morgan fingerprint density at radius 1 is 1.10 bits per heavy atom. The molecule has 0 aromatic heterocycles. The van der Waals surface area contributed by atoms with E-state index in [9.17, 15) is 4.79 Å². The molecule has 0 radical (unpaired) electrons. The average molecular weight is 286 g/mol. The van der Waals surface area contributed by atoms with E-state index in [1.54, 1.807) is 0 Å². The predicted molar refractivity (Wildman–Crippen MR) is 92.2 cm³/mol. The quantitative estimate of drug-likeness (QED) is 0.586. The zero-order chi connectivity index (χ0) is 16.0. The van der Waals surface area contributed by atoms with Crippen LogP contribution < -0.4 is 0 Å². The lowest BCUT2D eigenvalue weighted by atomic mass is 9.81. The summed E-state index contributed by atoms with van der Waals surface area (Å²) >= 11 is 0. The number of hydrogen-bond donors (Lipinski definition) is 0. The van der Waals surface area contributed by atoms with Crippen molar-refractivity contribution in [2.75, 3.05) is 0 Å². The Labute approximate surface area is 130 Å². The normalized spacial score (nSPS) is 30.2. The van der Waals surface area contributed by atoms with Crippen molar-refractivity contribution in [3.63, 3.8) is 0 Å². The minimum absolute atomic E-state index is 0.260. The summed E-state index contributed by atoms with van der Waals surface area (Å²) in [4.78, 5) is 12.4. The van der Waals surface area contributed by atoms with Gasteiger partial charge < -0.3 is 0 Å². The summed E-state index contributed by atoms with van der Waals surface area (Å²) in [5.74, 6) is 0.972. The Morgan fingerprint density at radius 3 is 2.29 bits per heavy atom. The fourth-order valence-electron chi connectivity index (χ4n) is 2.76. The van der Waals surface area contributed by atoms with Crippen molar-refractivity contribution in [1.29, 1.82) is 0 Å². The van der Waals surface area contributed by atoms with Crippen LogP contribution in [0.1, 0.15) is 59.8 Å². The molecule has 0 aromatic rings. The topological polar surface area (TPSA) is 17.1 Å². The largest absolute Gasteiger partial charge is 0.295 e. The summed E-state index contributed by atoms with van der Waals surface area (Å²) < 4.78 is 0. The first kappa shape index (κ1) is 17.7. The molecule has 0 unspecified atom stereocenters. The van der Waals surface area contributed by atoms with E-state index < -0.39 is 0 Å². The van der Waals surface area contributed by atoms with Gasteiger partial charge in [0, 0.05) is 6.42 Å². The average Bonchev–Trinajstić information content (AvgIpc) is 2.39. The Bertz CT molecular complexity index is 476. The van der Waals surface area contributed by atoms with Crippen molar-refractivity contribution in [3.05, 3.63) is 47.6 Å². The summed E-state index contributed by atoms with van der Waals surface area (Å²) in [6.07, 6.45) is 9.03. The summed E-state index contributed by atoms with van der Waals surface area (Å²) in [7, 11) is 0. The van der Waals surface area contributed by atoms with Gasteiger partial charge in [-0.1, -0.05) is 42.0 Å². The lowest BCUT2D eigenvalue weighted by Gasteiger charge is -2.24. The van der Waals surface area contributed by atoms with Crippen molar-refractivity contribution < 1.29 is 4.79 Å². The first-order valence-corrected chi connectivity index (χ1v) is 7.97.